The maximum absolute atomic E-state index is 4.63. The molecule has 4 heteroatoms. The van der Waals surface area contributed by atoms with Gasteiger partial charge in [0.25, 0.3) is 0 Å². The van der Waals surface area contributed by atoms with Crippen molar-refractivity contribution in [2.75, 3.05) is 11.9 Å². The topological polar surface area (TPSA) is 53.6 Å². The maximum Gasteiger partial charge on any atom is 0.136 e. The molecule has 0 fully saturated rings. The molecule has 0 radical (unpaired) electrons. The van der Waals surface area contributed by atoms with E-state index < -0.39 is 0 Å². The van der Waals surface area contributed by atoms with Crippen LogP contribution in [0.4, 0.5) is 5.82 Å². The summed E-state index contributed by atoms with van der Waals surface area (Å²) in [5.41, 5.74) is 4.31. The van der Waals surface area contributed by atoms with Gasteiger partial charge in [0.2, 0.25) is 0 Å². The van der Waals surface area contributed by atoms with Gasteiger partial charge < -0.3 is 10.3 Å². The zero-order valence-electron chi connectivity index (χ0n) is 10.2. The van der Waals surface area contributed by atoms with Gasteiger partial charge in [0.15, 0.2) is 0 Å². The first kappa shape index (κ1) is 10.3. The molecule has 92 valence electrons. The summed E-state index contributed by atoms with van der Waals surface area (Å²) < 4.78 is 0. The summed E-state index contributed by atoms with van der Waals surface area (Å²) in [7, 11) is 0. The Balaban J connectivity index is 1.83. The Labute approximate surface area is 110 Å². The van der Waals surface area contributed by atoms with Crippen LogP contribution in [-0.4, -0.2) is 21.5 Å². The summed E-state index contributed by atoms with van der Waals surface area (Å²) in [6, 6.07) is 12.1. The predicted molar refractivity (Wildman–Crippen MR) is 76.7 cm³/mol. The van der Waals surface area contributed by atoms with Gasteiger partial charge in [-0.15, -0.1) is 0 Å². The van der Waals surface area contributed by atoms with Gasteiger partial charge in [-0.25, -0.2) is 9.97 Å². The van der Waals surface area contributed by atoms with Crippen molar-refractivity contribution < 1.29 is 0 Å². The Hall–Kier alpha value is -2.62. The fourth-order valence-electron chi connectivity index (χ4n) is 2.36. The molecule has 0 bridgehead atoms. The number of imidazole rings is 1. The first-order valence-corrected chi connectivity index (χ1v) is 6.25. The second-order valence-electron chi connectivity index (χ2n) is 4.57. The lowest BCUT2D eigenvalue weighted by Gasteiger charge is -2.15. The highest BCUT2D eigenvalue weighted by atomic mass is 15.0. The average Bonchev–Trinajstić information content (AvgIpc) is 2.90. The van der Waals surface area contributed by atoms with E-state index in [0.717, 1.165) is 40.4 Å². The molecule has 1 aliphatic rings. The van der Waals surface area contributed by atoms with Crippen LogP contribution in [0, 0.1) is 0 Å². The molecule has 0 aliphatic carbocycles. The smallest absolute Gasteiger partial charge is 0.136 e. The summed E-state index contributed by atoms with van der Waals surface area (Å²) in [5, 5.41) is 3.32. The molecule has 19 heavy (non-hydrogen) atoms. The van der Waals surface area contributed by atoms with Crippen LogP contribution in [0.1, 0.15) is 11.4 Å². The van der Waals surface area contributed by atoms with Gasteiger partial charge in [0.05, 0.1) is 11.0 Å². The molecule has 1 aliphatic heterocycles. The van der Waals surface area contributed by atoms with Crippen LogP contribution in [-0.2, 0) is 0 Å². The van der Waals surface area contributed by atoms with E-state index in [1.165, 1.54) is 0 Å². The SMILES string of the molecule is C1=C(c2nc3ccccc3[nH]2)CNc2ncccc21. The fourth-order valence-corrected chi connectivity index (χ4v) is 2.36. The Morgan fingerprint density at radius 3 is 2.95 bits per heavy atom. The van der Waals surface area contributed by atoms with Gasteiger partial charge in [-0.2, -0.15) is 0 Å². The molecule has 0 unspecified atom stereocenters. The Morgan fingerprint density at radius 2 is 2.00 bits per heavy atom. The van der Waals surface area contributed by atoms with E-state index >= 15 is 0 Å². The third-order valence-corrected chi connectivity index (χ3v) is 3.31. The average molecular weight is 248 g/mol. The number of hydrogen-bond acceptors (Lipinski definition) is 3. The standard InChI is InChI=1S/C15H12N4/c1-2-6-13-12(5-1)18-15(19-13)11-8-10-4-3-7-16-14(10)17-9-11/h1-8H,9H2,(H,16,17)(H,18,19). The number of aromatic nitrogens is 3. The quantitative estimate of drug-likeness (QED) is 0.696. The van der Waals surface area contributed by atoms with Crippen molar-refractivity contribution in [1.29, 1.82) is 0 Å². The van der Waals surface area contributed by atoms with E-state index in [2.05, 4.69) is 32.4 Å². The van der Waals surface area contributed by atoms with Gasteiger partial charge in [-0.1, -0.05) is 12.1 Å². The Bertz CT molecular complexity index is 752. The molecule has 4 nitrogen and oxygen atoms in total. The molecule has 0 atom stereocenters. The third-order valence-electron chi connectivity index (χ3n) is 3.31. The molecule has 1 aromatic carbocycles. The third kappa shape index (κ3) is 1.69. The zero-order chi connectivity index (χ0) is 12.7. The van der Waals surface area contributed by atoms with Crippen molar-refractivity contribution in [2.45, 2.75) is 0 Å². The zero-order valence-corrected chi connectivity index (χ0v) is 10.2. The molecule has 0 spiro atoms. The molecular weight excluding hydrogens is 236 g/mol. The highest BCUT2D eigenvalue weighted by Gasteiger charge is 2.14. The molecule has 4 rings (SSSR count). The van der Waals surface area contributed by atoms with Crippen LogP contribution in [0.15, 0.2) is 42.6 Å². The van der Waals surface area contributed by atoms with Crippen molar-refractivity contribution in [1.82, 2.24) is 15.0 Å². The van der Waals surface area contributed by atoms with Crippen molar-refractivity contribution in [3.05, 3.63) is 54.0 Å². The highest BCUT2D eigenvalue weighted by molar-refractivity contribution is 5.89. The summed E-state index contributed by atoms with van der Waals surface area (Å²) >= 11 is 0. The predicted octanol–water partition coefficient (Wildman–Crippen LogP) is 2.92. The van der Waals surface area contributed by atoms with E-state index in [1.807, 2.05) is 30.3 Å². The van der Waals surface area contributed by atoms with Gasteiger partial charge in [-0.05, 0) is 30.3 Å². The fraction of sp³-hybridized carbons (Fsp3) is 0.0667. The number of hydrogen-bond donors (Lipinski definition) is 2. The minimum atomic E-state index is 0.740. The summed E-state index contributed by atoms with van der Waals surface area (Å²) in [6.45, 7) is 0.740. The number of anilines is 1. The van der Waals surface area contributed by atoms with Crippen LogP contribution >= 0.6 is 0 Å². The lowest BCUT2D eigenvalue weighted by Crippen LogP contribution is -2.11. The van der Waals surface area contributed by atoms with Crippen LogP contribution in [0.25, 0.3) is 22.7 Å². The highest BCUT2D eigenvalue weighted by Crippen LogP contribution is 2.26. The minimum absolute atomic E-state index is 0.740. The van der Waals surface area contributed by atoms with Crippen molar-refractivity contribution in [3.63, 3.8) is 0 Å². The second kappa shape index (κ2) is 3.95. The largest absolute Gasteiger partial charge is 0.365 e. The number of nitrogens with zero attached hydrogens (tertiary/aromatic N) is 2. The van der Waals surface area contributed by atoms with E-state index in [-0.39, 0.29) is 0 Å². The second-order valence-corrected chi connectivity index (χ2v) is 4.57. The van der Waals surface area contributed by atoms with E-state index in [4.69, 9.17) is 0 Å². The molecule has 3 heterocycles. The number of pyridine rings is 1. The van der Waals surface area contributed by atoms with E-state index in [9.17, 15) is 0 Å². The molecule has 0 amide bonds. The van der Waals surface area contributed by atoms with E-state index in [1.54, 1.807) is 6.20 Å². The molecule has 0 saturated carbocycles. The summed E-state index contributed by atoms with van der Waals surface area (Å²) in [5.74, 6) is 1.85. The van der Waals surface area contributed by atoms with Crippen LogP contribution in [0.5, 0.6) is 0 Å². The van der Waals surface area contributed by atoms with E-state index in [0.29, 0.717) is 0 Å². The van der Waals surface area contributed by atoms with Gasteiger partial charge >= 0.3 is 0 Å². The summed E-state index contributed by atoms with van der Waals surface area (Å²) in [6.07, 6.45) is 3.93. The molecule has 0 saturated heterocycles. The molecular formula is C15H12N4. The number of fused-ring (bicyclic) bond motifs is 2. The lowest BCUT2D eigenvalue weighted by atomic mass is 10.1. The van der Waals surface area contributed by atoms with Gasteiger partial charge in [-0.3, -0.25) is 0 Å². The number of para-hydroxylation sites is 2. The minimum Gasteiger partial charge on any atom is -0.365 e. The molecule has 2 N–H and O–H groups in total. The number of aromatic amines is 1. The van der Waals surface area contributed by atoms with Crippen molar-refractivity contribution in [2.24, 2.45) is 0 Å². The van der Waals surface area contributed by atoms with Crippen LogP contribution < -0.4 is 5.32 Å². The number of rotatable bonds is 1. The molecule has 2 aromatic heterocycles. The maximum atomic E-state index is 4.63. The van der Waals surface area contributed by atoms with Crippen molar-refractivity contribution in [3.8, 4) is 0 Å². The van der Waals surface area contributed by atoms with Gasteiger partial charge in [0.1, 0.15) is 11.6 Å². The first-order valence-electron chi connectivity index (χ1n) is 6.25. The number of benzene rings is 1. The Kier molecular flexibility index (Phi) is 2.14. The summed E-state index contributed by atoms with van der Waals surface area (Å²) in [4.78, 5) is 12.3. The Morgan fingerprint density at radius 1 is 1.05 bits per heavy atom. The normalized spacial score (nSPS) is 13.8. The number of H-pyrrole nitrogens is 1. The first-order chi connectivity index (χ1) is 9.40. The number of nitrogens with one attached hydrogen (secondary N) is 2. The van der Waals surface area contributed by atoms with Crippen molar-refractivity contribution >= 4 is 28.5 Å². The van der Waals surface area contributed by atoms with Gasteiger partial charge in [0, 0.05) is 23.9 Å². The monoisotopic (exact) mass is 248 g/mol. The lowest BCUT2D eigenvalue weighted by molar-refractivity contribution is 1.17. The molecule has 3 aromatic rings. The van der Waals surface area contributed by atoms with Crippen LogP contribution in [0.3, 0.4) is 0 Å². The van der Waals surface area contributed by atoms with Crippen LogP contribution in [0.2, 0.25) is 0 Å².